The van der Waals surface area contributed by atoms with Crippen molar-refractivity contribution in [2.24, 2.45) is 5.92 Å². The highest BCUT2D eigenvalue weighted by Crippen LogP contribution is 2.48. The number of aliphatic hydroxyl groups excluding tert-OH is 1. The van der Waals surface area contributed by atoms with Crippen LogP contribution in [0, 0.1) is 5.92 Å². The van der Waals surface area contributed by atoms with Gasteiger partial charge in [0.15, 0.2) is 12.1 Å². The number of methoxy groups -OCH3 is 1. The molecular weight excluding hydrogens is 404 g/mol. The van der Waals surface area contributed by atoms with E-state index in [1.807, 2.05) is 18.2 Å². The van der Waals surface area contributed by atoms with Crippen LogP contribution in [0.1, 0.15) is 88.4 Å². The number of carbonyl (C=O) groups is 1. The van der Waals surface area contributed by atoms with E-state index in [-0.39, 0.29) is 24.1 Å². The molecule has 176 valence electrons. The maximum absolute atomic E-state index is 13.1. The van der Waals surface area contributed by atoms with Crippen LogP contribution in [0.5, 0.6) is 5.75 Å². The Hall–Kier alpha value is -1.69. The minimum atomic E-state index is -0.503. The van der Waals surface area contributed by atoms with E-state index in [1.165, 1.54) is 12.8 Å². The fraction of sp³-hybridized carbons (Fsp3) is 0.667. The van der Waals surface area contributed by atoms with E-state index in [4.69, 9.17) is 20.8 Å². The average Bonchev–Trinajstić information content (AvgIpc) is 3.15. The zero-order valence-electron chi connectivity index (χ0n) is 20.6. The highest BCUT2D eigenvalue weighted by Gasteiger charge is 2.41. The number of rotatable bonds is 11. The van der Waals surface area contributed by atoms with Crippen LogP contribution in [-0.2, 0) is 20.7 Å². The van der Waals surface area contributed by atoms with Crippen LogP contribution in [0.3, 0.4) is 0 Å². The molecule has 0 saturated carbocycles. The molecule has 4 atom stereocenters. The zero-order chi connectivity index (χ0) is 23.2. The minimum Gasteiger partial charge on any atom is -0.496 e. The fourth-order valence-corrected chi connectivity index (χ4v) is 5.60. The third kappa shape index (κ3) is 5.11. The van der Waals surface area contributed by atoms with Crippen molar-refractivity contribution in [2.45, 2.75) is 96.1 Å². The van der Waals surface area contributed by atoms with Gasteiger partial charge in [0.1, 0.15) is 11.9 Å². The number of aliphatic hydroxyl groups is 1. The van der Waals surface area contributed by atoms with Gasteiger partial charge in [0.2, 0.25) is 1.43 Å². The van der Waals surface area contributed by atoms with Crippen LogP contribution in [0.25, 0.3) is 0 Å². The lowest BCUT2D eigenvalue weighted by molar-refractivity contribution is -0.190. The van der Waals surface area contributed by atoms with E-state index in [2.05, 4.69) is 6.92 Å². The number of unbranched alkanes of at least 4 members (excludes halogenated alkanes) is 2. The fourth-order valence-electron chi connectivity index (χ4n) is 5.60. The predicted octanol–water partition coefficient (Wildman–Crippen LogP) is 5.44. The molecule has 0 aromatic heterocycles. The first kappa shape index (κ1) is 22.1. The Morgan fingerprint density at radius 3 is 2.91 bits per heavy atom. The minimum absolute atomic E-state index is 0.0888. The molecular formula is C27H38O5. The Bertz CT molecular complexity index is 845. The summed E-state index contributed by atoms with van der Waals surface area (Å²) in [5.74, 6) is 1.10. The molecule has 1 aromatic carbocycles. The molecule has 4 rings (SSSR count). The molecule has 1 N–H and O–H groups in total. The summed E-state index contributed by atoms with van der Waals surface area (Å²) in [6.45, 7) is 2.98. The molecule has 5 nitrogen and oxygen atoms in total. The largest absolute Gasteiger partial charge is 0.496 e. The molecule has 0 bridgehead atoms. The monoisotopic (exact) mass is 444 g/mol. The Morgan fingerprint density at radius 2 is 2.16 bits per heavy atom. The summed E-state index contributed by atoms with van der Waals surface area (Å²) in [5.41, 5.74) is 3.89. The third-order valence-corrected chi connectivity index (χ3v) is 7.29. The first-order valence-electron chi connectivity index (χ1n) is 12.9. The lowest BCUT2D eigenvalue weighted by atomic mass is 9.78. The van der Waals surface area contributed by atoms with E-state index in [0.29, 0.717) is 12.8 Å². The number of carbonyl (C=O) groups excluding carboxylic acids is 1. The lowest BCUT2D eigenvalue weighted by Crippen LogP contribution is -2.28. The first-order chi connectivity index (χ1) is 16.2. The number of allylic oxidation sites excluding steroid dienone is 1. The standard InChI is InChI=1S/C27H38O5/c1-3-4-5-9-19(32-25-12-6-7-15-31-25)13-14-21-23(28)17-18-16-22-20(27(29)26(18)21)10-8-11-24(22)30-2/h8,10-11,18-19,25,27,29H,3-7,9,12-17H2,1-2H3/t18-,19-,25?,27+/m0/s1/i29T. The van der Waals surface area contributed by atoms with Gasteiger partial charge in [0, 0.05) is 18.6 Å². The SMILES string of the molecule is [3H]O[C@H]1C2=C(CC[C@H](CCCCC)OC3CCCCO3)C(=O)C[C@@H]2Cc2c(OC)cccc21. The highest BCUT2D eigenvalue weighted by molar-refractivity contribution is 5.99. The molecule has 0 radical (unpaired) electrons. The molecule has 2 aliphatic carbocycles. The van der Waals surface area contributed by atoms with Gasteiger partial charge in [-0.15, -0.1) is 0 Å². The summed E-state index contributed by atoms with van der Waals surface area (Å²) in [6.07, 6.45) is 9.88. The van der Waals surface area contributed by atoms with Crippen molar-refractivity contribution in [2.75, 3.05) is 13.7 Å². The molecule has 1 heterocycles. The third-order valence-electron chi connectivity index (χ3n) is 7.29. The number of ketones is 1. The van der Waals surface area contributed by atoms with Gasteiger partial charge in [-0.2, -0.15) is 0 Å². The molecule has 1 aromatic rings. The summed E-state index contributed by atoms with van der Waals surface area (Å²) >= 11 is 0. The summed E-state index contributed by atoms with van der Waals surface area (Å²) in [6, 6.07) is 5.87. The maximum atomic E-state index is 13.1. The molecule has 0 amide bonds. The quantitative estimate of drug-likeness (QED) is 0.460. The molecule has 1 saturated heterocycles. The molecule has 0 spiro atoms. The van der Waals surface area contributed by atoms with E-state index < -0.39 is 6.10 Å². The molecule has 1 fully saturated rings. The van der Waals surface area contributed by atoms with Gasteiger partial charge in [-0.3, -0.25) is 4.79 Å². The van der Waals surface area contributed by atoms with E-state index in [1.54, 1.807) is 7.11 Å². The van der Waals surface area contributed by atoms with Crippen molar-refractivity contribution in [1.82, 2.24) is 0 Å². The number of fused-ring (bicyclic) bond motifs is 2. The van der Waals surface area contributed by atoms with Crippen LogP contribution < -0.4 is 4.74 Å². The summed E-state index contributed by atoms with van der Waals surface area (Å²) in [4.78, 5) is 13.1. The van der Waals surface area contributed by atoms with Gasteiger partial charge in [0.25, 0.3) is 0 Å². The Morgan fingerprint density at radius 1 is 1.25 bits per heavy atom. The van der Waals surface area contributed by atoms with Crippen LogP contribution in [0.15, 0.2) is 29.3 Å². The normalized spacial score (nSPS) is 26.5. The molecule has 5 heteroatoms. The van der Waals surface area contributed by atoms with Crippen LogP contribution in [0.4, 0.5) is 0 Å². The van der Waals surface area contributed by atoms with E-state index >= 15 is 0 Å². The van der Waals surface area contributed by atoms with E-state index in [9.17, 15) is 4.79 Å². The van der Waals surface area contributed by atoms with Crippen molar-refractivity contribution in [3.05, 3.63) is 40.5 Å². The molecule has 1 unspecified atom stereocenters. The summed E-state index contributed by atoms with van der Waals surface area (Å²) in [5, 5.41) is 5.25. The summed E-state index contributed by atoms with van der Waals surface area (Å²) in [7, 11) is 1.66. The molecule has 1 aliphatic heterocycles. The average molecular weight is 445 g/mol. The highest BCUT2D eigenvalue weighted by atomic mass is 16.7. The number of hydrogen-bond donors (Lipinski definition) is 1. The van der Waals surface area contributed by atoms with Gasteiger partial charge in [0.05, 0.1) is 13.2 Å². The Labute approximate surface area is 193 Å². The zero-order valence-corrected chi connectivity index (χ0v) is 19.6. The van der Waals surface area contributed by atoms with Gasteiger partial charge in [-0.05, 0) is 73.6 Å². The van der Waals surface area contributed by atoms with Gasteiger partial charge in [-0.1, -0.05) is 38.3 Å². The Balaban J connectivity index is 1.52. The first-order valence-corrected chi connectivity index (χ1v) is 12.5. The summed E-state index contributed by atoms with van der Waals surface area (Å²) < 4.78 is 25.6. The van der Waals surface area contributed by atoms with E-state index in [0.717, 1.165) is 79.6 Å². The second-order valence-electron chi connectivity index (χ2n) is 9.46. The number of hydrogen-bond acceptors (Lipinski definition) is 5. The second kappa shape index (κ2) is 11.0. The lowest BCUT2D eigenvalue weighted by Gasteiger charge is -2.30. The number of ether oxygens (including phenoxy) is 3. The maximum Gasteiger partial charge on any atom is 0.211 e. The van der Waals surface area contributed by atoms with Crippen molar-refractivity contribution in [1.29, 1.82) is 1.43 Å². The Kier molecular flexibility index (Phi) is 7.57. The van der Waals surface area contributed by atoms with Crippen molar-refractivity contribution in [3.63, 3.8) is 0 Å². The predicted molar refractivity (Wildman–Crippen MR) is 124 cm³/mol. The van der Waals surface area contributed by atoms with Gasteiger partial charge >= 0.3 is 0 Å². The van der Waals surface area contributed by atoms with Crippen LogP contribution in [-0.4, -0.2) is 38.4 Å². The molecule has 32 heavy (non-hydrogen) atoms. The van der Waals surface area contributed by atoms with Crippen molar-refractivity contribution >= 4 is 5.78 Å². The van der Waals surface area contributed by atoms with Gasteiger partial charge < -0.3 is 19.3 Å². The van der Waals surface area contributed by atoms with Crippen molar-refractivity contribution < 1.29 is 24.1 Å². The van der Waals surface area contributed by atoms with Crippen molar-refractivity contribution in [3.8, 4) is 5.75 Å². The number of Topliss-reactive ketones (excluding diaryl/α,β-unsaturated/α-hetero) is 1. The second-order valence-corrected chi connectivity index (χ2v) is 9.46. The van der Waals surface area contributed by atoms with Crippen LogP contribution >= 0.6 is 0 Å². The smallest absolute Gasteiger partial charge is 0.211 e. The van der Waals surface area contributed by atoms with Crippen LogP contribution in [0.2, 0.25) is 0 Å². The topological polar surface area (TPSA) is 65.0 Å². The molecule has 3 aliphatic rings. The van der Waals surface area contributed by atoms with Gasteiger partial charge in [-0.25, -0.2) is 0 Å². The number of benzene rings is 1.